The Kier molecular flexibility index (Phi) is 4.71. The minimum atomic E-state index is 0.787. The molecule has 0 aliphatic rings. The van der Waals surface area contributed by atoms with Crippen molar-refractivity contribution in [3.8, 4) is 5.69 Å². The van der Waals surface area contributed by atoms with E-state index >= 15 is 0 Å². The van der Waals surface area contributed by atoms with Crippen LogP contribution in [0.25, 0.3) is 5.69 Å². The first-order chi connectivity index (χ1) is 9.13. The summed E-state index contributed by atoms with van der Waals surface area (Å²) >= 11 is 3.59. The van der Waals surface area contributed by atoms with Crippen LogP contribution in [0.5, 0.6) is 0 Å². The Morgan fingerprint density at radius 3 is 2.58 bits per heavy atom. The number of halogens is 1. The summed E-state index contributed by atoms with van der Waals surface area (Å²) in [5, 5.41) is 11.6. The van der Waals surface area contributed by atoms with Crippen molar-refractivity contribution in [3.63, 3.8) is 0 Å². The van der Waals surface area contributed by atoms with Gasteiger partial charge in [0.15, 0.2) is 0 Å². The zero-order valence-corrected chi connectivity index (χ0v) is 13.2. The lowest BCUT2D eigenvalue weighted by molar-refractivity contribution is 0.641. The van der Waals surface area contributed by atoms with E-state index in [4.69, 9.17) is 0 Å². The van der Waals surface area contributed by atoms with E-state index in [-0.39, 0.29) is 0 Å². The smallest absolute Gasteiger partial charge is 0.0783 e. The average Bonchev–Trinajstić information content (AvgIpc) is 2.84. The van der Waals surface area contributed by atoms with E-state index < -0.39 is 0 Å². The second kappa shape index (κ2) is 6.30. The molecule has 102 valence electrons. The summed E-state index contributed by atoms with van der Waals surface area (Å²) in [7, 11) is 0. The van der Waals surface area contributed by atoms with Crippen LogP contribution in [0.4, 0.5) is 0 Å². The number of hydrogen-bond acceptors (Lipinski definition) is 3. The van der Waals surface area contributed by atoms with Crippen LogP contribution in [0.15, 0.2) is 22.8 Å². The lowest BCUT2D eigenvalue weighted by atomic mass is 10.1. The number of nitrogens with one attached hydrogen (secondary N) is 1. The summed E-state index contributed by atoms with van der Waals surface area (Å²) in [6, 6.07) is 4.24. The third-order valence-electron chi connectivity index (χ3n) is 3.02. The summed E-state index contributed by atoms with van der Waals surface area (Å²) in [6.45, 7) is 8.13. The van der Waals surface area contributed by atoms with Gasteiger partial charge in [-0.05, 0) is 50.1 Å². The largest absolute Gasteiger partial charge is 0.311 e. The molecule has 0 saturated carbocycles. The zero-order valence-electron chi connectivity index (χ0n) is 11.6. The second-order valence-electron chi connectivity index (χ2n) is 4.71. The number of aromatic nitrogens is 3. The molecule has 0 radical (unpaired) electrons. The fourth-order valence-corrected chi connectivity index (χ4v) is 2.26. The quantitative estimate of drug-likeness (QED) is 0.860. The first-order valence-corrected chi connectivity index (χ1v) is 7.30. The highest BCUT2D eigenvalue weighted by Gasteiger charge is 2.09. The fourth-order valence-electron chi connectivity index (χ4n) is 2.03. The van der Waals surface area contributed by atoms with Gasteiger partial charge in [-0.2, -0.15) is 0 Å². The Balaban J connectivity index is 2.29. The van der Waals surface area contributed by atoms with Gasteiger partial charge in [-0.3, -0.25) is 0 Å². The van der Waals surface area contributed by atoms with Gasteiger partial charge in [0.25, 0.3) is 0 Å². The van der Waals surface area contributed by atoms with Crippen LogP contribution in [0.2, 0.25) is 0 Å². The van der Waals surface area contributed by atoms with Crippen LogP contribution in [0, 0.1) is 13.8 Å². The van der Waals surface area contributed by atoms with Crippen LogP contribution >= 0.6 is 15.9 Å². The molecule has 0 unspecified atom stereocenters. The van der Waals surface area contributed by atoms with Crippen molar-refractivity contribution in [3.05, 3.63) is 39.6 Å². The number of aryl methyl sites for hydroxylation is 2. The molecular formula is C14H19BrN4. The van der Waals surface area contributed by atoms with Crippen molar-refractivity contribution >= 4 is 15.9 Å². The third kappa shape index (κ3) is 3.22. The summed E-state index contributed by atoms with van der Waals surface area (Å²) in [5.41, 5.74) is 4.55. The number of hydrogen-bond donors (Lipinski definition) is 1. The van der Waals surface area contributed by atoms with Gasteiger partial charge in [-0.15, -0.1) is 5.10 Å². The molecule has 2 rings (SSSR count). The zero-order chi connectivity index (χ0) is 13.8. The Hall–Kier alpha value is -1.20. The molecule has 2 aromatic rings. The first-order valence-electron chi connectivity index (χ1n) is 6.51. The highest BCUT2D eigenvalue weighted by Crippen LogP contribution is 2.24. The molecule has 5 heteroatoms. The first kappa shape index (κ1) is 14.2. The van der Waals surface area contributed by atoms with Gasteiger partial charge in [0, 0.05) is 11.0 Å². The molecule has 0 amide bonds. The van der Waals surface area contributed by atoms with Gasteiger partial charge >= 0.3 is 0 Å². The van der Waals surface area contributed by atoms with E-state index in [1.807, 2.05) is 10.9 Å². The molecule has 0 fully saturated rings. The molecular weight excluding hydrogens is 304 g/mol. The monoisotopic (exact) mass is 322 g/mol. The summed E-state index contributed by atoms with van der Waals surface area (Å²) in [5.74, 6) is 0. The van der Waals surface area contributed by atoms with Crippen LogP contribution < -0.4 is 5.32 Å². The predicted molar refractivity (Wildman–Crippen MR) is 80.5 cm³/mol. The van der Waals surface area contributed by atoms with Crippen molar-refractivity contribution in [2.24, 2.45) is 0 Å². The van der Waals surface area contributed by atoms with E-state index in [1.54, 1.807) is 0 Å². The van der Waals surface area contributed by atoms with Crippen molar-refractivity contribution in [2.45, 2.75) is 33.7 Å². The molecule has 1 aromatic carbocycles. The molecule has 19 heavy (non-hydrogen) atoms. The fraction of sp³-hybridized carbons (Fsp3) is 0.429. The minimum absolute atomic E-state index is 0.787. The predicted octanol–water partition coefficient (Wildman–Crippen LogP) is 3.15. The van der Waals surface area contributed by atoms with Crippen molar-refractivity contribution in [1.29, 1.82) is 0 Å². The molecule has 0 aliphatic heterocycles. The molecule has 0 spiro atoms. The van der Waals surface area contributed by atoms with Gasteiger partial charge in [0.1, 0.15) is 0 Å². The molecule has 1 aromatic heterocycles. The molecule has 0 bridgehead atoms. The summed E-state index contributed by atoms with van der Waals surface area (Å²) < 4.78 is 3.05. The maximum Gasteiger partial charge on any atom is 0.0783 e. The molecule has 0 atom stereocenters. The minimum Gasteiger partial charge on any atom is -0.311 e. The third-order valence-corrected chi connectivity index (χ3v) is 4.27. The topological polar surface area (TPSA) is 42.7 Å². The second-order valence-corrected chi connectivity index (χ2v) is 5.50. The number of nitrogens with zero attached hydrogens (tertiary/aromatic N) is 3. The molecule has 0 aliphatic carbocycles. The van der Waals surface area contributed by atoms with Crippen LogP contribution in [0.1, 0.15) is 30.2 Å². The summed E-state index contributed by atoms with van der Waals surface area (Å²) in [4.78, 5) is 0. The molecule has 0 saturated heterocycles. The van der Waals surface area contributed by atoms with E-state index in [0.717, 1.165) is 35.4 Å². The van der Waals surface area contributed by atoms with Gasteiger partial charge < -0.3 is 5.32 Å². The maximum absolute atomic E-state index is 4.19. The van der Waals surface area contributed by atoms with E-state index in [1.165, 1.54) is 11.1 Å². The molecule has 4 nitrogen and oxygen atoms in total. The Morgan fingerprint density at radius 2 is 1.95 bits per heavy atom. The summed E-state index contributed by atoms with van der Waals surface area (Å²) in [6.07, 6.45) is 2.94. The van der Waals surface area contributed by atoms with Crippen molar-refractivity contribution in [1.82, 2.24) is 20.3 Å². The standard InChI is InChI=1S/C14H19BrN4/c1-4-5-16-8-13-9-17-18-19(13)12-6-10(2)14(15)11(3)7-12/h6-7,9,16H,4-5,8H2,1-3H3. The van der Waals surface area contributed by atoms with Crippen LogP contribution in [-0.4, -0.2) is 21.5 Å². The average molecular weight is 323 g/mol. The number of rotatable bonds is 5. The van der Waals surface area contributed by atoms with Gasteiger partial charge in [-0.1, -0.05) is 28.1 Å². The van der Waals surface area contributed by atoms with Crippen LogP contribution in [0.3, 0.4) is 0 Å². The molecule has 1 N–H and O–H groups in total. The Morgan fingerprint density at radius 1 is 1.26 bits per heavy atom. The lowest BCUT2D eigenvalue weighted by Crippen LogP contribution is -2.16. The van der Waals surface area contributed by atoms with Gasteiger partial charge in [0.05, 0.1) is 17.6 Å². The Labute approximate surface area is 122 Å². The van der Waals surface area contributed by atoms with Gasteiger partial charge in [0.2, 0.25) is 0 Å². The van der Waals surface area contributed by atoms with E-state index in [9.17, 15) is 0 Å². The molecule has 1 heterocycles. The van der Waals surface area contributed by atoms with Crippen molar-refractivity contribution in [2.75, 3.05) is 6.54 Å². The van der Waals surface area contributed by atoms with Gasteiger partial charge in [-0.25, -0.2) is 4.68 Å². The van der Waals surface area contributed by atoms with E-state index in [2.05, 4.69) is 64.5 Å². The lowest BCUT2D eigenvalue weighted by Gasteiger charge is -2.10. The van der Waals surface area contributed by atoms with Crippen molar-refractivity contribution < 1.29 is 0 Å². The van der Waals surface area contributed by atoms with Crippen LogP contribution in [-0.2, 0) is 6.54 Å². The number of benzene rings is 1. The Bertz CT molecular complexity index is 539. The van der Waals surface area contributed by atoms with E-state index in [0.29, 0.717) is 0 Å². The maximum atomic E-state index is 4.19. The SMILES string of the molecule is CCCNCc1cnnn1-c1cc(C)c(Br)c(C)c1. The highest BCUT2D eigenvalue weighted by molar-refractivity contribution is 9.10. The highest BCUT2D eigenvalue weighted by atomic mass is 79.9. The normalized spacial score (nSPS) is 10.9.